The van der Waals surface area contributed by atoms with Gasteiger partial charge in [-0.1, -0.05) is 52.4 Å². The van der Waals surface area contributed by atoms with Gasteiger partial charge in [0.15, 0.2) is 0 Å². The molecule has 0 N–H and O–H groups in total. The number of hydrogen-bond acceptors (Lipinski definition) is 1. The summed E-state index contributed by atoms with van der Waals surface area (Å²) in [5.74, 6) is 0.999. The largest absolute Gasteiger partial charge is 0.309 e. The Morgan fingerprint density at radius 1 is 0.929 bits per heavy atom. The van der Waals surface area contributed by atoms with Gasteiger partial charge in [-0.25, -0.2) is 0 Å². The average Bonchev–Trinajstić information content (AvgIpc) is 2.15. The van der Waals surface area contributed by atoms with E-state index >= 15 is 0 Å². The van der Waals surface area contributed by atoms with Crippen molar-refractivity contribution < 1.29 is 0 Å². The van der Waals surface area contributed by atoms with Crippen LogP contribution < -0.4 is 0 Å². The van der Waals surface area contributed by atoms with E-state index in [4.69, 9.17) is 0 Å². The first-order valence-electron chi connectivity index (χ1n) is 6.35. The second-order valence-electron chi connectivity index (χ2n) is 4.72. The van der Waals surface area contributed by atoms with E-state index in [2.05, 4.69) is 32.8 Å². The second kappa shape index (κ2) is 9.51. The van der Waals surface area contributed by atoms with Crippen molar-refractivity contribution in [2.75, 3.05) is 20.6 Å². The van der Waals surface area contributed by atoms with Crippen molar-refractivity contribution in [3.05, 3.63) is 0 Å². The number of hydrogen-bond donors (Lipinski definition) is 0. The van der Waals surface area contributed by atoms with E-state index in [1.54, 1.807) is 0 Å². The van der Waals surface area contributed by atoms with Crippen molar-refractivity contribution in [1.29, 1.82) is 0 Å². The van der Waals surface area contributed by atoms with Crippen molar-refractivity contribution in [1.82, 2.24) is 4.90 Å². The molecule has 0 amide bonds. The minimum Gasteiger partial charge on any atom is -0.309 e. The van der Waals surface area contributed by atoms with Crippen LogP contribution in [-0.4, -0.2) is 25.5 Å². The highest BCUT2D eigenvalue weighted by atomic mass is 15.0. The lowest BCUT2D eigenvalue weighted by atomic mass is 9.94. The summed E-state index contributed by atoms with van der Waals surface area (Å²) in [6.07, 6.45) is 9.85. The van der Waals surface area contributed by atoms with Gasteiger partial charge in [-0.05, 0) is 33.0 Å². The van der Waals surface area contributed by atoms with Crippen LogP contribution in [0.25, 0.3) is 0 Å². The van der Waals surface area contributed by atoms with Gasteiger partial charge >= 0.3 is 0 Å². The van der Waals surface area contributed by atoms with Crippen LogP contribution in [0.4, 0.5) is 0 Å². The summed E-state index contributed by atoms with van der Waals surface area (Å²) in [5.41, 5.74) is 0. The topological polar surface area (TPSA) is 3.24 Å². The molecular formula is C13H29N. The predicted molar refractivity (Wildman–Crippen MR) is 65.7 cm³/mol. The van der Waals surface area contributed by atoms with Crippen LogP contribution in [0.15, 0.2) is 0 Å². The Labute approximate surface area is 90.9 Å². The molecule has 1 atom stereocenters. The van der Waals surface area contributed by atoms with Crippen LogP contribution >= 0.6 is 0 Å². The second-order valence-corrected chi connectivity index (χ2v) is 4.72. The normalized spacial score (nSPS) is 13.5. The van der Waals surface area contributed by atoms with Crippen molar-refractivity contribution >= 4 is 0 Å². The fourth-order valence-electron chi connectivity index (χ4n) is 2.00. The van der Waals surface area contributed by atoms with Crippen molar-refractivity contribution in [2.24, 2.45) is 5.92 Å². The third-order valence-electron chi connectivity index (χ3n) is 2.99. The van der Waals surface area contributed by atoms with E-state index in [0.29, 0.717) is 0 Å². The van der Waals surface area contributed by atoms with E-state index < -0.39 is 0 Å². The Kier molecular flexibility index (Phi) is 9.49. The monoisotopic (exact) mass is 199 g/mol. The molecule has 0 aromatic heterocycles. The fourth-order valence-corrected chi connectivity index (χ4v) is 2.00. The van der Waals surface area contributed by atoms with Gasteiger partial charge in [-0.15, -0.1) is 0 Å². The summed E-state index contributed by atoms with van der Waals surface area (Å²) in [7, 11) is 4.32. The van der Waals surface area contributed by atoms with Crippen LogP contribution in [-0.2, 0) is 0 Å². The molecule has 1 nitrogen and oxygen atoms in total. The summed E-state index contributed by atoms with van der Waals surface area (Å²) >= 11 is 0. The van der Waals surface area contributed by atoms with Crippen molar-refractivity contribution in [2.45, 2.75) is 58.8 Å². The Morgan fingerprint density at radius 2 is 1.64 bits per heavy atom. The Hall–Kier alpha value is -0.0400. The van der Waals surface area contributed by atoms with Crippen molar-refractivity contribution in [3.63, 3.8) is 0 Å². The highest BCUT2D eigenvalue weighted by molar-refractivity contribution is 4.57. The molecule has 0 saturated carbocycles. The molecule has 0 spiro atoms. The summed E-state index contributed by atoms with van der Waals surface area (Å²) in [6.45, 7) is 5.89. The van der Waals surface area contributed by atoms with Gasteiger partial charge in [0.25, 0.3) is 0 Å². The molecule has 0 rings (SSSR count). The zero-order chi connectivity index (χ0) is 10.8. The van der Waals surface area contributed by atoms with Gasteiger partial charge in [-0.3, -0.25) is 0 Å². The molecule has 0 heterocycles. The third-order valence-corrected chi connectivity index (χ3v) is 2.99. The first-order valence-corrected chi connectivity index (χ1v) is 6.35. The van der Waals surface area contributed by atoms with Gasteiger partial charge in [0.1, 0.15) is 0 Å². The molecular weight excluding hydrogens is 170 g/mol. The molecule has 86 valence electrons. The maximum absolute atomic E-state index is 2.33. The highest BCUT2D eigenvalue weighted by Gasteiger charge is 2.03. The quantitative estimate of drug-likeness (QED) is 0.508. The standard InChI is InChI=1S/C13H29N/c1-5-10-13(6-2)11-8-7-9-12-14(3)4/h13H,5-12H2,1-4H3/t13-/m1/s1. The zero-order valence-corrected chi connectivity index (χ0v) is 10.7. The third kappa shape index (κ3) is 8.55. The maximum Gasteiger partial charge on any atom is -0.00248 e. The van der Waals surface area contributed by atoms with Gasteiger partial charge in [0.2, 0.25) is 0 Å². The van der Waals surface area contributed by atoms with E-state index in [0.717, 1.165) is 5.92 Å². The highest BCUT2D eigenvalue weighted by Crippen LogP contribution is 2.18. The maximum atomic E-state index is 2.33. The average molecular weight is 199 g/mol. The molecule has 0 unspecified atom stereocenters. The summed E-state index contributed by atoms with van der Waals surface area (Å²) < 4.78 is 0. The van der Waals surface area contributed by atoms with Crippen LogP contribution in [0.2, 0.25) is 0 Å². The van der Waals surface area contributed by atoms with E-state index in [-0.39, 0.29) is 0 Å². The van der Waals surface area contributed by atoms with Gasteiger partial charge in [-0.2, -0.15) is 0 Å². The zero-order valence-electron chi connectivity index (χ0n) is 10.7. The lowest BCUT2D eigenvalue weighted by Gasteiger charge is -2.14. The summed E-state index contributed by atoms with van der Waals surface area (Å²) in [5, 5.41) is 0. The van der Waals surface area contributed by atoms with Gasteiger partial charge < -0.3 is 4.90 Å². The van der Waals surface area contributed by atoms with Crippen LogP contribution in [0, 0.1) is 5.92 Å². The fraction of sp³-hybridized carbons (Fsp3) is 1.00. The molecule has 0 fully saturated rings. The molecule has 0 aliphatic heterocycles. The van der Waals surface area contributed by atoms with E-state index in [9.17, 15) is 0 Å². The molecule has 1 heteroatoms. The summed E-state index contributed by atoms with van der Waals surface area (Å²) in [6, 6.07) is 0. The Morgan fingerprint density at radius 3 is 2.14 bits per heavy atom. The van der Waals surface area contributed by atoms with E-state index in [1.807, 2.05) is 0 Å². The minimum atomic E-state index is 0.999. The van der Waals surface area contributed by atoms with Crippen LogP contribution in [0.3, 0.4) is 0 Å². The van der Waals surface area contributed by atoms with Crippen LogP contribution in [0.1, 0.15) is 58.8 Å². The van der Waals surface area contributed by atoms with E-state index in [1.165, 1.54) is 51.5 Å². The first-order chi connectivity index (χ1) is 6.70. The molecule has 0 aliphatic carbocycles. The van der Waals surface area contributed by atoms with Gasteiger partial charge in [0.05, 0.1) is 0 Å². The number of unbranched alkanes of at least 4 members (excludes halogenated alkanes) is 2. The lowest BCUT2D eigenvalue weighted by molar-refractivity contribution is 0.372. The molecule has 0 aliphatic rings. The summed E-state index contributed by atoms with van der Waals surface area (Å²) in [4.78, 5) is 2.28. The van der Waals surface area contributed by atoms with Gasteiger partial charge in [0, 0.05) is 0 Å². The minimum absolute atomic E-state index is 0.999. The Balaban J connectivity index is 3.24. The SMILES string of the molecule is CCC[C@@H](CC)CCCCCN(C)C. The molecule has 0 aromatic carbocycles. The molecule has 0 saturated heterocycles. The molecule has 0 radical (unpaired) electrons. The smallest absolute Gasteiger partial charge is 0.00248 e. The Bertz CT molecular complexity index is 110. The lowest BCUT2D eigenvalue weighted by Crippen LogP contribution is -2.12. The van der Waals surface area contributed by atoms with Crippen LogP contribution in [0.5, 0.6) is 0 Å². The molecule has 14 heavy (non-hydrogen) atoms. The number of rotatable bonds is 9. The number of nitrogens with zero attached hydrogens (tertiary/aromatic N) is 1. The molecule has 0 aromatic rings. The molecule has 0 bridgehead atoms. The van der Waals surface area contributed by atoms with Crippen molar-refractivity contribution in [3.8, 4) is 0 Å². The first kappa shape index (κ1) is 14.0. The predicted octanol–water partition coefficient (Wildman–Crippen LogP) is 3.93.